The first-order valence-corrected chi connectivity index (χ1v) is 6.45. The van der Waals surface area contributed by atoms with Gasteiger partial charge in [-0.2, -0.15) is 0 Å². The van der Waals surface area contributed by atoms with E-state index in [1.165, 1.54) is 0 Å². The SMILES string of the molecule is CC1(C)CN(Cc2cccc(N)c2F)CC(CO)O1. The second kappa shape index (κ2) is 5.45. The zero-order valence-electron chi connectivity index (χ0n) is 11.4. The minimum atomic E-state index is -0.354. The molecule has 4 nitrogen and oxygen atoms in total. The summed E-state index contributed by atoms with van der Waals surface area (Å²) in [5, 5.41) is 9.26. The first-order chi connectivity index (χ1) is 8.91. The van der Waals surface area contributed by atoms with Gasteiger partial charge in [-0.25, -0.2) is 4.39 Å². The number of aliphatic hydroxyl groups excluding tert-OH is 1. The molecule has 0 aliphatic carbocycles. The van der Waals surface area contributed by atoms with Crippen LogP contribution in [0.25, 0.3) is 0 Å². The molecule has 1 aliphatic heterocycles. The molecule has 0 bridgehead atoms. The minimum absolute atomic E-state index is 0.0284. The average Bonchev–Trinajstić information content (AvgIpc) is 2.33. The van der Waals surface area contributed by atoms with Gasteiger partial charge < -0.3 is 15.6 Å². The summed E-state index contributed by atoms with van der Waals surface area (Å²) in [6.45, 7) is 5.67. The summed E-state index contributed by atoms with van der Waals surface area (Å²) in [6.07, 6.45) is -0.229. The van der Waals surface area contributed by atoms with E-state index >= 15 is 0 Å². The highest BCUT2D eigenvalue weighted by Gasteiger charge is 2.33. The Kier molecular flexibility index (Phi) is 4.08. The molecule has 0 saturated carbocycles. The number of nitrogens with two attached hydrogens (primary N) is 1. The number of ether oxygens (including phenoxy) is 1. The molecular formula is C14H21FN2O2. The van der Waals surface area contributed by atoms with Crippen molar-refractivity contribution >= 4 is 5.69 Å². The van der Waals surface area contributed by atoms with Crippen LogP contribution in [0.1, 0.15) is 19.4 Å². The van der Waals surface area contributed by atoms with E-state index in [2.05, 4.69) is 4.90 Å². The van der Waals surface area contributed by atoms with Crippen LogP contribution < -0.4 is 5.73 Å². The number of hydrogen-bond acceptors (Lipinski definition) is 4. The number of halogens is 1. The molecule has 0 spiro atoms. The molecule has 1 fully saturated rings. The molecule has 106 valence electrons. The number of morpholine rings is 1. The third kappa shape index (κ3) is 3.43. The molecule has 0 aromatic heterocycles. The molecule has 1 aliphatic rings. The standard InChI is InChI=1S/C14H21FN2O2/c1-14(2)9-17(7-11(8-18)19-14)6-10-4-3-5-12(16)13(10)15/h3-5,11,18H,6-9,16H2,1-2H3. The maximum absolute atomic E-state index is 13.9. The summed E-state index contributed by atoms with van der Waals surface area (Å²) >= 11 is 0. The summed E-state index contributed by atoms with van der Waals surface area (Å²) in [6, 6.07) is 5.05. The molecule has 1 atom stereocenters. The summed E-state index contributed by atoms with van der Waals surface area (Å²) in [7, 11) is 0. The molecule has 1 aromatic rings. The van der Waals surface area contributed by atoms with Crippen molar-refractivity contribution in [1.82, 2.24) is 4.90 Å². The Morgan fingerprint density at radius 1 is 1.53 bits per heavy atom. The number of anilines is 1. The van der Waals surface area contributed by atoms with E-state index < -0.39 is 0 Å². The van der Waals surface area contributed by atoms with Crippen LogP contribution in [0.2, 0.25) is 0 Å². The van der Waals surface area contributed by atoms with E-state index in [4.69, 9.17) is 10.5 Å². The van der Waals surface area contributed by atoms with E-state index in [0.29, 0.717) is 25.2 Å². The van der Waals surface area contributed by atoms with Gasteiger partial charge in [-0.1, -0.05) is 12.1 Å². The number of rotatable bonds is 3. The van der Waals surface area contributed by atoms with E-state index in [1.54, 1.807) is 18.2 Å². The third-order valence-corrected chi connectivity index (χ3v) is 3.26. The van der Waals surface area contributed by atoms with Crippen molar-refractivity contribution in [3.8, 4) is 0 Å². The van der Waals surface area contributed by atoms with E-state index in [0.717, 1.165) is 0 Å². The summed E-state index contributed by atoms with van der Waals surface area (Å²) in [5.41, 5.74) is 5.98. The van der Waals surface area contributed by atoms with Crippen molar-refractivity contribution in [3.63, 3.8) is 0 Å². The number of nitrogen functional groups attached to an aromatic ring is 1. The van der Waals surface area contributed by atoms with E-state index in [1.807, 2.05) is 13.8 Å². The lowest BCUT2D eigenvalue weighted by atomic mass is 10.0. The van der Waals surface area contributed by atoms with Gasteiger partial charge in [-0.15, -0.1) is 0 Å². The van der Waals surface area contributed by atoms with E-state index in [9.17, 15) is 9.50 Å². The van der Waals surface area contributed by atoms with Crippen LogP contribution >= 0.6 is 0 Å². The van der Waals surface area contributed by atoms with Crippen LogP contribution in [-0.2, 0) is 11.3 Å². The minimum Gasteiger partial charge on any atom is -0.396 e. The van der Waals surface area contributed by atoms with Crippen LogP contribution in [0.5, 0.6) is 0 Å². The number of aliphatic hydroxyl groups is 1. The van der Waals surface area contributed by atoms with Crippen LogP contribution in [0.4, 0.5) is 10.1 Å². The predicted molar refractivity (Wildman–Crippen MR) is 72.1 cm³/mol. The maximum atomic E-state index is 13.9. The Hall–Kier alpha value is -1.17. The van der Waals surface area contributed by atoms with Crippen molar-refractivity contribution in [3.05, 3.63) is 29.6 Å². The fraction of sp³-hybridized carbons (Fsp3) is 0.571. The van der Waals surface area contributed by atoms with Crippen molar-refractivity contribution in [2.45, 2.75) is 32.1 Å². The number of hydrogen-bond donors (Lipinski definition) is 2. The lowest BCUT2D eigenvalue weighted by Crippen LogP contribution is -2.53. The molecule has 1 aromatic carbocycles. The molecule has 0 radical (unpaired) electrons. The molecule has 3 N–H and O–H groups in total. The fourth-order valence-electron chi connectivity index (χ4n) is 2.59. The smallest absolute Gasteiger partial charge is 0.150 e. The van der Waals surface area contributed by atoms with Gasteiger partial charge in [-0.05, 0) is 19.9 Å². The molecule has 5 heteroatoms. The van der Waals surface area contributed by atoms with Gasteiger partial charge in [0.1, 0.15) is 0 Å². The normalized spacial score (nSPS) is 23.5. The molecule has 2 rings (SSSR count). The Bertz CT molecular complexity index is 451. The van der Waals surface area contributed by atoms with Crippen LogP contribution in [-0.4, -0.2) is 41.4 Å². The second-order valence-corrected chi connectivity index (χ2v) is 5.67. The van der Waals surface area contributed by atoms with Gasteiger partial charge in [0, 0.05) is 25.2 Å². The van der Waals surface area contributed by atoms with Crippen LogP contribution in [0.15, 0.2) is 18.2 Å². The molecule has 1 heterocycles. The molecule has 0 amide bonds. The highest BCUT2D eigenvalue weighted by Crippen LogP contribution is 2.24. The lowest BCUT2D eigenvalue weighted by Gasteiger charge is -2.42. The van der Waals surface area contributed by atoms with Crippen molar-refractivity contribution in [2.75, 3.05) is 25.4 Å². The topological polar surface area (TPSA) is 58.7 Å². The van der Waals surface area contributed by atoms with Crippen molar-refractivity contribution in [1.29, 1.82) is 0 Å². The van der Waals surface area contributed by atoms with Gasteiger partial charge in [0.05, 0.1) is 24.0 Å². The molecule has 19 heavy (non-hydrogen) atoms. The van der Waals surface area contributed by atoms with E-state index in [-0.39, 0.29) is 29.8 Å². The molecular weight excluding hydrogens is 247 g/mol. The largest absolute Gasteiger partial charge is 0.396 e. The number of nitrogens with zero attached hydrogens (tertiary/aromatic N) is 1. The van der Waals surface area contributed by atoms with Crippen LogP contribution in [0.3, 0.4) is 0 Å². The Morgan fingerprint density at radius 2 is 2.26 bits per heavy atom. The lowest BCUT2D eigenvalue weighted by molar-refractivity contribution is -0.150. The average molecular weight is 268 g/mol. The molecule has 1 unspecified atom stereocenters. The van der Waals surface area contributed by atoms with Gasteiger partial charge in [0.15, 0.2) is 5.82 Å². The number of benzene rings is 1. The van der Waals surface area contributed by atoms with Crippen LogP contribution in [0, 0.1) is 5.82 Å². The fourth-order valence-corrected chi connectivity index (χ4v) is 2.59. The van der Waals surface area contributed by atoms with Crippen molar-refractivity contribution < 1.29 is 14.2 Å². The molecule has 1 saturated heterocycles. The summed E-state index contributed by atoms with van der Waals surface area (Å²) in [4.78, 5) is 2.09. The van der Waals surface area contributed by atoms with Gasteiger partial charge >= 0.3 is 0 Å². The zero-order chi connectivity index (χ0) is 14.0. The highest BCUT2D eigenvalue weighted by atomic mass is 19.1. The van der Waals surface area contributed by atoms with Gasteiger partial charge in [-0.3, -0.25) is 4.90 Å². The highest BCUT2D eigenvalue weighted by molar-refractivity contribution is 5.42. The first-order valence-electron chi connectivity index (χ1n) is 6.45. The monoisotopic (exact) mass is 268 g/mol. The Morgan fingerprint density at radius 3 is 2.95 bits per heavy atom. The summed E-state index contributed by atoms with van der Waals surface area (Å²) in [5.74, 6) is -0.354. The van der Waals surface area contributed by atoms with Crippen molar-refractivity contribution in [2.24, 2.45) is 0 Å². The second-order valence-electron chi connectivity index (χ2n) is 5.67. The third-order valence-electron chi connectivity index (χ3n) is 3.26. The first kappa shape index (κ1) is 14.2. The van der Waals surface area contributed by atoms with Gasteiger partial charge in [0.2, 0.25) is 0 Å². The van der Waals surface area contributed by atoms with Gasteiger partial charge in [0.25, 0.3) is 0 Å². The zero-order valence-corrected chi connectivity index (χ0v) is 11.4. The summed E-state index contributed by atoms with van der Waals surface area (Å²) < 4.78 is 19.6. The predicted octanol–water partition coefficient (Wildman–Crippen LogP) is 1.38. The Balaban J connectivity index is 2.11. The Labute approximate surface area is 113 Å². The quantitative estimate of drug-likeness (QED) is 0.813. The maximum Gasteiger partial charge on any atom is 0.150 e.